The van der Waals surface area contributed by atoms with Gasteiger partial charge in [0, 0.05) is 27.9 Å². The van der Waals surface area contributed by atoms with Gasteiger partial charge in [0.1, 0.15) is 11.6 Å². The van der Waals surface area contributed by atoms with Crippen LogP contribution in [0.2, 0.25) is 0 Å². The van der Waals surface area contributed by atoms with Gasteiger partial charge >= 0.3 is 5.97 Å². The van der Waals surface area contributed by atoms with Gasteiger partial charge in [-0.2, -0.15) is 0 Å². The van der Waals surface area contributed by atoms with Gasteiger partial charge in [-0.1, -0.05) is 13.0 Å². The molecule has 0 amide bonds. The first-order chi connectivity index (χ1) is 12.0. The van der Waals surface area contributed by atoms with Gasteiger partial charge in [0.2, 0.25) is 0 Å². The summed E-state index contributed by atoms with van der Waals surface area (Å²) in [7, 11) is 0. The molecule has 1 N–H and O–H groups in total. The molecule has 1 aromatic carbocycles. The minimum atomic E-state index is -0.816. The second-order valence-electron chi connectivity index (χ2n) is 6.40. The summed E-state index contributed by atoms with van der Waals surface area (Å²) in [5.74, 6) is -2.47. The van der Waals surface area contributed by atoms with E-state index in [4.69, 9.17) is 0 Å². The first kappa shape index (κ1) is 18.0. The van der Waals surface area contributed by atoms with Crippen LogP contribution in [0.3, 0.4) is 0 Å². The maximum absolute atomic E-state index is 14.5. The molecule has 25 heavy (non-hydrogen) atoms. The van der Waals surface area contributed by atoms with Crippen LogP contribution >= 0.6 is 11.3 Å². The predicted octanol–water partition coefficient (Wildman–Crippen LogP) is 4.47. The molecule has 3 rings (SSSR count). The zero-order chi connectivity index (χ0) is 18.0. The summed E-state index contributed by atoms with van der Waals surface area (Å²) in [6.45, 7) is 3.13. The maximum atomic E-state index is 14.5. The average molecular weight is 365 g/mol. The third-order valence-corrected chi connectivity index (χ3v) is 6.01. The number of halogens is 2. The van der Waals surface area contributed by atoms with E-state index in [0.717, 1.165) is 23.8 Å². The zero-order valence-corrected chi connectivity index (χ0v) is 14.9. The number of benzene rings is 1. The summed E-state index contributed by atoms with van der Waals surface area (Å²) in [6, 6.07) is 7.25. The molecule has 0 spiro atoms. The lowest BCUT2D eigenvalue weighted by atomic mass is 9.94. The molecule has 1 saturated heterocycles. The smallest absolute Gasteiger partial charge is 0.307 e. The summed E-state index contributed by atoms with van der Waals surface area (Å²) in [4.78, 5) is 15.6. The number of aliphatic carboxylic acids is 1. The molecule has 0 aliphatic carbocycles. The molecular weight excluding hydrogens is 344 g/mol. The fourth-order valence-corrected chi connectivity index (χ4v) is 4.53. The van der Waals surface area contributed by atoms with Crippen molar-refractivity contribution in [2.45, 2.75) is 32.2 Å². The fourth-order valence-electron chi connectivity index (χ4n) is 3.43. The van der Waals surface area contributed by atoms with Crippen LogP contribution in [0.1, 0.15) is 41.1 Å². The molecule has 2 atom stereocenters. The molecule has 6 heteroatoms. The lowest BCUT2D eigenvalue weighted by Crippen LogP contribution is -2.41. The summed E-state index contributed by atoms with van der Waals surface area (Å²) in [5.41, 5.74) is 0.400. The van der Waals surface area contributed by atoms with E-state index in [2.05, 4.69) is 6.92 Å². The fraction of sp³-hybridized carbons (Fsp3) is 0.421. The second kappa shape index (κ2) is 7.62. The molecule has 1 aliphatic rings. The Bertz CT molecular complexity index is 762. The SMILES string of the molecule is CCc1ccc(C(c2ccc(F)cc2F)N2CCCC(C(=O)O)C2)s1. The van der Waals surface area contributed by atoms with Crippen LogP contribution in [-0.4, -0.2) is 29.1 Å². The average Bonchev–Trinajstić information content (AvgIpc) is 3.06. The molecule has 0 bridgehead atoms. The first-order valence-corrected chi connectivity index (χ1v) is 9.31. The lowest BCUT2D eigenvalue weighted by molar-refractivity contribution is -0.143. The highest BCUT2D eigenvalue weighted by Crippen LogP contribution is 2.37. The Balaban J connectivity index is 2.00. The minimum absolute atomic E-state index is 0.371. The molecule has 0 radical (unpaired) electrons. The van der Waals surface area contributed by atoms with Gasteiger partial charge in [0.25, 0.3) is 0 Å². The number of hydrogen-bond donors (Lipinski definition) is 1. The van der Waals surface area contributed by atoms with Gasteiger partial charge < -0.3 is 5.11 Å². The van der Waals surface area contributed by atoms with Gasteiger partial charge in [-0.25, -0.2) is 8.78 Å². The van der Waals surface area contributed by atoms with Crippen molar-refractivity contribution in [3.05, 3.63) is 57.3 Å². The highest BCUT2D eigenvalue weighted by molar-refractivity contribution is 7.12. The Labute approximate surface area is 149 Å². The number of thiophene rings is 1. The van der Waals surface area contributed by atoms with Crippen molar-refractivity contribution in [3.63, 3.8) is 0 Å². The molecular formula is C19H21F2NO2S. The summed E-state index contributed by atoms with van der Waals surface area (Å²) < 4.78 is 27.9. The molecule has 2 unspecified atom stereocenters. The monoisotopic (exact) mass is 365 g/mol. The molecule has 134 valence electrons. The van der Waals surface area contributed by atoms with Crippen molar-refractivity contribution in [1.82, 2.24) is 4.90 Å². The van der Waals surface area contributed by atoms with Crippen molar-refractivity contribution in [2.24, 2.45) is 5.92 Å². The molecule has 1 aliphatic heterocycles. The van der Waals surface area contributed by atoms with Gasteiger partial charge in [0.05, 0.1) is 12.0 Å². The number of nitrogens with zero attached hydrogens (tertiary/aromatic N) is 1. The van der Waals surface area contributed by atoms with Crippen LogP contribution in [0.15, 0.2) is 30.3 Å². The second-order valence-corrected chi connectivity index (χ2v) is 7.60. The third kappa shape index (κ3) is 3.90. The number of piperidine rings is 1. The quantitative estimate of drug-likeness (QED) is 0.850. The Hall–Kier alpha value is -1.79. The van der Waals surface area contributed by atoms with E-state index in [1.165, 1.54) is 17.0 Å². The number of carboxylic acid groups (broad SMARTS) is 1. The van der Waals surface area contributed by atoms with E-state index < -0.39 is 23.5 Å². The highest BCUT2D eigenvalue weighted by atomic mass is 32.1. The van der Waals surface area contributed by atoms with E-state index in [-0.39, 0.29) is 6.04 Å². The summed E-state index contributed by atoms with van der Waals surface area (Å²) in [5, 5.41) is 9.36. The van der Waals surface area contributed by atoms with Crippen LogP contribution in [-0.2, 0) is 11.2 Å². The summed E-state index contributed by atoms with van der Waals surface area (Å²) >= 11 is 1.60. The van der Waals surface area contributed by atoms with E-state index in [1.807, 2.05) is 17.0 Å². The Morgan fingerprint density at radius 1 is 1.36 bits per heavy atom. The Morgan fingerprint density at radius 3 is 2.80 bits per heavy atom. The van der Waals surface area contributed by atoms with Gasteiger partial charge in [-0.05, 0) is 44.0 Å². The molecule has 3 nitrogen and oxygen atoms in total. The standard InChI is InChI=1S/C19H21F2NO2S/c1-2-14-6-8-17(25-14)18(15-7-5-13(20)10-16(15)21)22-9-3-4-12(11-22)19(23)24/h5-8,10,12,18H,2-4,9,11H2,1H3,(H,23,24). The Morgan fingerprint density at radius 2 is 2.16 bits per heavy atom. The van der Waals surface area contributed by atoms with E-state index >= 15 is 0 Å². The number of hydrogen-bond acceptors (Lipinski definition) is 3. The third-order valence-electron chi connectivity index (χ3n) is 4.72. The normalized spacial score (nSPS) is 19.7. The number of rotatable bonds is 5. The van der Waals surface area contributed by atoms with Gasteiger partial charge in [0.15, 0.2) is 0 Å². The topological polar surface area (TPSA) is 40.5 Å². The van der Waals surface area contributed by atoms with Gasteiger partial charge in [-0.15, -0.1) is 11.3 Å². The molecule has 1 fully saturated rings. The molecule has 2 aromatic rings. The zero-order valence-electron chi connectivity index (χ0n) is 14.0. The highest BCUT2D eigenvalue weighted by Gasteiger charge is 2.33. The summed E-state index contributed by atoms with van der Waals surface area (Å²) in [6.07, 6.45) is 2.28. The molecule has 1 aromatic heterocycles. The lowest BCUT2D eigenvalue weighted by Gasteiger charge is -2.37. The predicted molar refractivity (Wildman–Crippen MR) is 93.8 cm³/mol. The van der Waals surface area contributed by atoms with Crippen LogP contribution in [0, 0.1) is 17.6 Å². The van der Waals surface area contributed by atoms with E-state index in [1.54, 1.807) is 11.3 Å². The van der Waals surface area contributed by atoms with E-state index in [0.29, 0.717) is 25.1 Å². The maximum Gasteiger partial charge on any atom is 0.307 e. The van der Waals surface area contributed by atoms with Crippen LogP contribution in [0.5, 0.6) is 0 Å². The largest absolute Gasteiger partial charge is 0.481 e. The van der Waals surface area contributed by atoms with Crippen LogP contribution < -0.4 is 0 Å². The Kier molecular flexibility index (Phi) is 5.49. The minimum Gasteiger partial charge on any atom is -0.481 e. The van der Waals surface area contributed by atoms with Crippen molar-refractivity contribution in [2.75, 3.05) is 13.1 Å². The van der Waals surface area contributed by atoms with Crippen molar-refractivity contribution in [3.8, 4) is 0 Å². The van der Waals surface area contributed by atoms with E-state index in [9.17, 15) is 18.7 Å². The van der Waals surface area contributed by atoms with Gasteiger partial charge in [-0.3, -0.25) is 9.69 Å². The van der Waals surface area contributed by atoms with Crippen LogP contribution in [0.25, 0.3) is 0 Å². The number of likely N-dealkylation sites (tertiary alicyclic amines) is 1. The van der Waals surface area contributed by atoms with Crippen LogP contribution in [0.4, 0.5) is 8.78 Å². The van der Waals surface area contributed by atoms with Crippen molar-refractivity contribution in [1.29, 1.82) is 0 Å². The molecule has 2 heterocycles. The number of carbonyl (C=O) groups is 1. The van der Waals surface area contributed by atoms with Crippen molar-refractivity contribution < 1.29 is 18.7 Å². The number of carboxylic acids is 1. The van der Waals surface area contributed by atoms with Crippen molar-refractivity contribution >= 4 is 17.3 Å². The molecule has 0 saturated carbocycles. The number of aryl methyl sites for hydroxylation is 1. The first-order valence-electron chi connectivity index (χ1n) is 8.50.